The maximum absolute atomic E-state index is 11.8. The molecule has 6 heteroatoms. The number of rotatable bonds is 4. The van der Waals surface area contributed by atoms with E-state index in [0.29, 0.717) is 5.56 Å². The molecule has 0 saturated heterocycles. The van der Waals surface area contributed by atoms with Gasteiger partial charge in [-0.25, -0.2) is 4.98 Å². The van der Waals surface area contributed by atoms with Gasteiger partial charge in [-0.1, -0.05) is 24.3 Å². The zero-order valence-electron chi connectivity index (χ0n) is 12.3. The summed E-state index contributed by atoms with van der Waals surface area (Å²) in [7, 11) is 1.46. The first kappa shape index (κ1) is 15.7. The lowest BCUT2D eigenvalue weighted by atomic mass is 9.99. The van der Waals surface area contributed by atoms with Gasteiger partial charge in [-0.3, -0.25) is 9.59 Å². The maximum Gasteiger partial charge on any atom is 0.269 e. The Morgan fingerprint density at radius 1 is 1.27 bits per heavy atom. The second-order valence-corrected chi connectivity index (χ2v) is 4.87. The van der Waals surface area contributed by atoms with Gasteiger partial charge in [-0.05, 0) is 30.2 Å². The van der Waals surface area contributed by atoms with Crippen molar-refractivity contribution in [1.82, 2.24) is 10.3 Å². The molecule has 0 aliphatic carbocycles. The SMILES string of the molecule is CNC(=O)c1cc(C(N)=O)cc(C(O)c2ccccc2C)n1. The van der Waals surface area contributed by atoms with Crippen molar-refractivity contribution in [3.8, 4) is 0 Å². The first-order valence-corrected chi connectivity index (χ1v) is 6.71. The summed E-state index contributed by atoms with van der Waals surface area (Å²) in [6.45, 7) is 1.86. The summed E-state index contributed by atoms with van der Waals surface area (Å²) in [5, 5.41) is 12.9. The molecule has 4 N–H and O–H groups in total. The Hall–Kier alpha value is -2.73. The number of amides is 2. The second kappa shape index (κ2) is 6.36. The smallest absolute Gasteiger partial charge is 0.269 e. The molecule has 2 aromatic rings. The Morgan fingerprint density at radius 3 is 2.55 bits per heavy atom. The maximum atomic E-state index is 11.8. The largest absolute Gasteiger partial charge is 0.382 e. The zero-order chi connectivity index (χ0) is 16.3. The number of pyridine rings is 1. The third-order valence-electron chi connectivity index (χ3n) is 3.35. The van der Waals surface area contributed by atoms with E-state index in [1.54, 1.807) is 12.1 Å². The molecule has 0 spiro atoms. The van der Waals surface area contributed by atoms with Crippen molar-refractivity contribution < 1.29 is 14.7 Å². The molecule has 1 heterocycles. The highest BCUT2D eigenvalue weighted by molar-refractivity contribution is 5.97. The van der Waals surface area contributed by atoms with Crippen molar-refractivity contribution >= 4 is 11.8 Å². The molecular formula is C16H17N3O3. The lowest BCUT2D eigenvalue weighted by Crippen LogP contribution is -2.22. The third-order valence-corrected chi connectivity index (χ3v) is 3.35. The first-order valence-electron chi connectivity index (χ1n) is 6.71. The number of hydrogen-bond acceptors (Lipinski definition) is 4. The number of aliphatic hydroxyl groups is 1. The molecule has 2 amide bonds. The summed E-state index contributed by atoms with van der Waals surface area (Å²) in [6, 6.07) is 9.97. The fraction of sp³-hybridized carbons (Fsp3) is 0.188. The molecule has 0 aliphatic rings. The van der Waals surface area contributed by atoms with Gasteiger partial charge in [0.25, 0.3) is 5.91 Å². The topological polar surface area (TPSA) is 105 Å². The second-order valence-electron chi connectivity index (χ2n) is 4.87. The zero-order valence-corrected chi connectivity index (χ0v) is 12.3. The molecule has 1 aromatic carbocycles. The van der Waals surface area contributed by atoms with E-state index in [1.807, 2.05) is 19.1 Å². The summed E-state index contributed by atoms with van der Waals surface area (Å²) < 4.78 is 0. The minimum atomic E-state index is -1.05. The van der Waals surface area contributed by atoms with Crippen LogP contribution in [-0.2, 0) is 0 Å². The van der Waals surface area contributed by atoms with E-state index in [2.05, 4.69) is 10.3 Å². The van der Waals surface area contributed by atoms with E-state index in [1.165, 1.54) is 19.2 Å². The molecule has 114 valence electrons. The molecule has 6 nitrogen and oxygen atoms in total. The number of benzene rings is 1. The van der Waals surface area contributed by atoms with Crippen LogP contribution >= 0.6 is 0 Å². The van der Waals surface area contributed by atoms with Crippen LogP contribution in [0.3, 0.4) is 0 Å². The van der Waals surface area contributed by atoms with Gasteiger partial charge < -0.3 is 16.2 Å². The van der Waals surface area contributed by atoms with Gasteiger partial charge in [0.1, 0.15) is 11.8 Å². The summed E-state index contributed by atoms with van der Waals surface area (Å²) in [6.07, 6.45) is -1.05. The van der Waals surface area contributed by atoms with Crippen LogP contribution < -0.4 is 11.1 Å². The van der Waals surface area contributed by atoms with Crippen molar-refractivity contribution in [2.24, 2.45) is 5.73 Å². The molecule has 0 saturated carbocycles. The molecular weight excluding hydrogens is 282 g/mol. The summed E-state index contributed by atoms with van der Waals surface area (Å²) in [5.41, 5.74) is 7.16. The molecule has 0 fully saturated rings. The van der Waals surface area contributed by atoms with Gasteiger partial charge in [0.05, 0.1) is 5.69 Å². The summed E-state index contributed by atoms with van der Waals surface area (Å²) in [5.74, 6) is -1.15. The van der Waals surface area contributed by atoms with Crippen molar-refractivity contribution in [3.05, 3.63) is 64.5 Å². The number of hydrogen-bond donors (Lipinski definition) is 3. The summed E-state index contributed by atoms with van der Waals surface area (Å²) in [4.78, 5) is 27.3. The lowest BCUT2D eigenvalue weighted by molar-refractivity contribution is 0.0957. The molecule has 0 aliphatic heterocycles. The minimum Gasteiger partial charge on any atom is -0.382 e. The molecule has 1 unspecified atom stereocenters. The average Bonchev–Trinajstić information content (AvgIpc) is 2.53. The minimum absolute atomic E-state index is 0.0291. The van der Waals surface area contributed by atoms with Crippen LogP contribution in [0.2, 0.25) is 0 Å². The van der Waals surface area contributed by atoms with E-state index in [9.17, 15) is 14.7 Å². The van der Waals surface area contributed by atoms with Gasteiger partial charge in [0.2, 0.25) is 5.91 Å². The number of aliphatic hydroxyl groups excluding tert-OH is 1. The summed E-state index contributed by atoms with van der Waals surface area (Å²) >= 11 is 0. The van der Waals surface area contributed by atoms with E-state index in [4.69, 9.17) is 5.73 Å². The molecule has 0 bridgehead atoms. The van der Waals surface area contributed by atoms with E-state index in [0.717, 1.165) is 5.56 Å². The van der Waals surface area contributed by atoms with Gasteiger partial charge in [-0.2, -0.15) is 0 Å². The molecule has 0 radical (unpaired) electrons. The Kier molecular flexibility index (Phi) is 4.53. The highest BCUT2D eigenvalue weighted by Crippen LogP contribution is 2.24. The number of carbonyl (C=O) groups excluding carboxylic acids is 2. The van der Waals surface area contributed by atoms with E-state index >= 15 is 0 Å². The van der Waals surface area contributed by atoms with Crippen LogP contribution in [-0.4, -0.2) is 29.0 Å². The number of aromatic nitrogens is 1. The number of nitrogens with zero attached hydrogens (tertiary/aromatic N) is 1. The van der Waals surface area contributed by atoms with Gasteiger partial charge >= 0.3 is 0 Å². The quantitative estimate of drug-likeness (QED) is 0.781. The van der Waals surface area contributed by atoms with E-state index in [-0.39, 0.29) is 17.0 Å². The number of nitrogens with two attached hydrogens (primary N) is 1. The lowest BCUT2D eigenvalue weighted by Gasteiger charge is -2.15. The Balaban J connectivity index is 2.54. The highest BCUT2D eigenvalue weighted by Gasteiger charge is 2.19. The van der Waals surface area contributed by atoms with Gasteiger partial charge in [0.15, 0.2) is 0 Å². The van der Waals surface area contributed by atoms with Crippen molar-refractivity contribution in [2.75, 3.05) is 7.05 Å². The van der Waals surface area contributed by atoms with Crippen LogP contribution in [0.25, 0.3) is 0 Å². The fourth-order valence-corrected chi connectivity index (χ4v) is 2.13. The fourth-order valence-electron chi connectivity index (χ4n) is 2.13. The Labute approximate surface area is 128 Å². The van der Waals surface area contributed by atoms with Crippen LogP contribution in [0.5, 0.6) is 0 Å². The first-order chi connectivity index (χ1) is 10.4. The molecule has 2 rings (SSSR count). The van der Waals surface area contributed by atoms with E-state index < -0.39 is 17.9 Å². The number of nitrogens with one attached hydrogen (secondary N) is 1. The van der Waals surface area contributed by atoms with Crippen LogP contribution in [0.4, 0.5) is 0 Å². The van der Waals surface area contributed by atoms with Crippen LogP contribution in [0, 0.1) is 6.92 Å². The van der Waals surface area contributed by atoms with Gasteiger partial charge in [-0.15, -0.1) is 0 Å². The van der Waals surface area contributed by atoms with Crippen molar-refractivity contribution in [1.29, 1.82) is 0 Å². The number of aryl methyl sites for hydroxylation is 1. The monoisotopic (exact) mass is 299 g/mol. The van der Waals surface area contributed by atoms with Crippen molar-refractivity contribution in [3.63, 3.8) is 0 Å². The Bertz CT molecular complexity index is 728. The van der Waals surface area contributed by atoms with Crippen molar-refractivity contribution in [2.45, 2.75) is 13.0 Å². The molecule has 1 atom stereocenters. The Morgan fingerprint density at radius 2 is 1.95 bits per heavy atom. The highest BCUT2D eigenvalue weighted by atomic mass is 16.3. The van der Waals surface area contributed by atoms with Crippen LogP contribution in [0.15, 0.2) is 36.4 Å². The average molecular weight is 299 g/mol. The predicted molar refractivity (Wildman–Crippen MR) is 81.4 cm³/mol. The van der Waals surface area contributed by atoms with Gasteiger partial charge in [0, 0.05) is 12.6 Å². The molecule has 22 heavy (non-hydrogen) atoms. The molecule has 1 aromatic heterocycles. The normalized spacial score (nSPS) is 11.8. The number of carbonyl (C=O) groups is 2. The van der Waals surface area contributed by atoms with Crippen LogP contribution in [0.1, 0.15) is 43.8 Å². The number of primary amides is 1. The predicted octanol–water partition coefficient (Wildman–Crippen LogP) is 0.930. The third kappa shape index (κ3) is 3.12. The standard InChI is InChI=1S/C16H17N3O3/c1-9-5-3-4-6-11(9)14(20)12-7-10(15(17)21)8-13(19-12)16(22)18-2/h3-8,14,20H,1-2H3,(H2,17,21)(H,18,22).